The molecule has 0 radical (unpaired) electrons. The summed E-state index contributed by atoms with van der Waals surface area (Å²) in [4.78, 5) is 12.3. The third-order valence-electron chi connectivity index (χ3n) is 5.48. The maximum atomic E-state index is 12.8. The lowest BCUT2D eigenvalue weighted by Gasteiger charge is -2.20. The van der Waals surface area contributed by atoms with Crippen LogP contribution in [-0.2, 0) is 21.2 Å². The largest absolute Gasteiger partial charge is 0.493 e. The summed E-state index contributed by atoms with van der Waals surface area (Å²) in [6, 6.07) is 14.7. The van der Waals surface area contributed by atoms with Crippen molar-refractivity contribution in [3.05, 3.63) is 59.7 Å². The van der Waals surface area contributed by atoms with Gasteiger partial charge < -0.3 is 10.1 Å². The summed E-state index contributed by atoms with van der Waals surface area (Å²) in [7, 11) is -3.42. The van der Waals surface area contributed by atoms with Gasteiger partial charge in [-0.2, -0.15) is 4.31 Å². The van der Waals surface area contributed by atoms with Crippen molar-refractivity contribution in [1.82, 2.24) is 9.62 Å². The van der Waals surface area contributed by atoms with Crippen LogP contribution < -0.4 is 10.1 Å². The monoisotopic (exact) mass is 444 g/mol. The van der Waals surface area contributed by atoms with Gasteiger partial charge in [-0.1, -0.05) is 42.7 Å². The Bertz CT molecular complexity index is 933. The van der Waals surface area contributed by atoms with Gasteiger partial charge >= 0.3 is 0 Å². The first-order valence-electron chi connectivity index (χ1n) is 11.0. The number of rotatable bonds is 9. The predicted molar refractivity (Wildman–Crippen MR) is 122 cm³/mol. The minimum Gasteiger partial charge on any atom is -0.493 e. The molecule has 0 atom stereocenters. The van der Waals surface area contributed by atoms with Gasteiger partial charge in [-0.05, 0) is 56.0 Å². The number of aryl methyl sites for hydroxylation is 1. The molecule has 1 N–H and O–H groups in total. The summed E-state index contributed by atoms with van der Waals surface area (Å²) in [6.45, 7) is 4.05. The molecule has 0 bridgehead atoms. The fourth-order valence-corrected chi connectivity index (χ4v) is 5.11. The summed E-state index contributed by atoms with van der Waals surface area (Å²) in [5.41, 5.74) is 2.16. The molecule has 1 aliphatic heterocycles. The number of ether oxygens (including phenoxy) is 1. The highest BCUT2D eigenvalue weighted by atomic mass is 32.2. The van der Waals surface area contributed by atoms with E-state index in [2.05, 4.69) is 5.32 Å². The highest BCUT2D eigenvalue weighted by Gasteiger charge is 2.24. The van der Waals surface area contributed by atoms with Gasteiger partial charge in [0.1, 0.15) is 5.75 Å². The van der Waals surface area contributed by atoms with Crippen LogP contribution in [-0.4, -0.2) is 44.9 Å². The zero-order valence-electron chi connectivity index (χ0n) is 18.2. The normalized spacial score (nSPS) is 15.3. The van der Waals surface area contributed by atoms with Crippen LogP contribution >= 0.6 is 0 Å². The van der Waals surface area contributed by atoms with Crippen molar-refractivity contribution in [1.29, 1.82) is 0 Å². The van der Waals surface area contributed by atoms with Crippen LogP contribution in [0.1, 0.15) is 43.2 Å². The SMILES string of the molecule is Cc1ccc(OCCC(=O)NCCc2ccc(S(=O)(=O)N3CCCCCC3)cc2)cc1. The van der Waals surface area contributed by atoms with Crippen LogP contribution in [0.3, 0.4) is 0 Å². The number of nitrogens with zero attached hydrogens (tertiary/aromatic N) is 1. The molecule has 3 rings (SSSR count). The summed E-state index contributed by atoms with van der Waals surface area (Å²) < 4.78 is 32.8. The third-order valence-corrected chi connectivity index (χ3v) is 7.39. The Balaban J connectivity index is 1.40. The Kier molecular flexibility index (Phi) is 8.49. The van der Waals surface area contributed by atoms with E-state index < -0.39 is 10.0 Å². The van der Waals surface area contributed by atoms with E-state index in [1.54, 1.807) is 16.4 Å². The highest BCUT2D eigenvalue weighted by Crippen LogP contribution is 2.20. The Labute approximate surface area is 185 Å². The van der Waals surface area contributed by atoms with Crippen molar-refractivity contribution >= 4 is 15.9 Å². The van der Waals surface area contributed by atoms with Gasteiger partial charge in [0.15, 0.2) is 0 Å². The topological polar surface area (TPSA) is 75.7 Å². The maximum absolute atomic E-state index is 12.8. The number of carbonyl (C=O) groups excluding carboxylic acids is 1. The number of carbonyl (C=O) groups is 1. The minimum atomic E-state index is -3.42. The van der Waals surface area contributed by atoms with Crippen molar-refractivity contribution in [2.24, 2.45) is 0 Å². The second kappa shape index (κ2) is 11.3. The van der Waals surface area contributed by atoms with E-state index in [0.717, 1.165) is 42.6 Å². The second-order valence-corrected chi connectivity index (χ2v) is 9.91. The molecule has 1 amide bonds. The van der Waals surface area contributed by atoms with Crippen LogP contribution in [0.15, 0.2) is 53.4 Å². The molecule has 6 nitrogen and oxygen atoms in total. The van der Waals surface area contributed by atoms with E-state index >= 15 is 0 Å². The summed E-state index contributed by atoms with van der Waals surface area (Å²) in [6.07, 6.45) is 4.97. The zero-order valence-corrected chi connectivity index (χ0v) is 19.0. The standard InChI is InChI=1S/C24H32N2O4S/c1-20-6-10-22(11-7-20)30-19-15-24(27)25-16-14-21-8-12-23(13-9-21)31(28,29)26-17-4-2-3-5-18-26/h6-13H,2-5,14-19H2,1H3,(H,25,27). The average molecular weight is 445 g/mol. The Morgan fingerprint density at radius 3 is 2.26 bits per heavy atom. The molecule has 1 saturated heterocycles. The molecule has 0 aromatic heterocycles. The van der Waals surface area contributed by atoms with Crippen molar-refractivity contribution in [2.75, 3.05) is 26.2 Å². The van der Waals surface area contributed by atoms with Crippen molar-refractivity contribution in [2.45, 2.75) is 50.3 Å². The molecule has 0 unspecified atom stereocenters. The quantitative estimate of drug-likeness (QED) is 0.640. The molecule has 1 fully saturated rings. The van der Waals surface area contributed by atoms with Gasteiger partial charge in [0.2, 0.25) is 15.9 Å². The van der Waals surface area contributed by atoms with E-state index in [-0.39, 0.29) is 5.91 Å². The minimum absolute atomic E-state index is 0.0625. The fraction of sp³-hybridized carbons (Fsp3) is 0.458. The highest BCUT2D eigenvalue weighted by molar-refractivity contribution is 7.89. The summed E-state index contributed by atoms with van der Waals surface area (Å²) in [5, 5.41) is 2.88. The lowest BCUT2D eigenvalue weighted by molar-refractivity contribution is -0.121. The molecule has 2 aromatic rings. The van der Waals surface area contributed by atoms with E-state index in [0.29, 0.717) is 44.0 Å². The molecule has 1 heterocycles. The van der Waals surface area contributed by atoms with Crippen molar-refractivity contribution in [3.8, 4) is 5.75 Å². The molecular weight excluding hydrogens is 412 g/mol. The van der Waals surface area contributed by atoms with E-state index in [9.17, 15) is 13.2 Å². The number of sulfonamides is 1. The van der Waals surface area contributed by atoms with Gasteiger partial charge in [-0.15, -0.1) is 0 Å². The first kappa shape index (κ1) is 23.3. The molecule has 168 valence electrons. The molecule has 0 aliphatic carbocycles. The van der Waals surface area contributed by atoms with Crippen LogP contribution in [0.2, 0.25) is 0 Å². The summed E-state index contributed by atoms with van der Waals surface area (Å²) in [5.74, 6) is 0.695. The van der Waals surface area contributed by atoms with E-state index in [1.165, 1.54) is 0 Å². The molecular formula is C24H32N2O4S. The van der Waals surface area contributed by atoms with E-state index in [1.807, 2.05) is 43.3 Å². The molecule has 7 heteroatoms. The molecule has 2 aromatic carbocycles. The van der Waals surface area contributed by atoms with Crippen LogP contribution in [0.5, 0.6) is 5.75 Å². The summed E-state index contributed by atoms with van der Waals surface area (Å²) >= 11 is 0. The lowest BCUT2D eigenvalue weighted by Crippen LogP contribution is -2.31. The molecule has 0 spiro atoms. The Hall–Kier alpha value is -2.38. The lowest BCUT2D eigenvalue weighted by atomic mass is 10.1. The van der Waals surface area contributed by atoms with Crippen LogP contribution in [0, 0.1) is 6.92 Å². The van der Waals surface area contributed by atoms with Crippen molar-refractivity contribution < 1.29 is 17.9 Å². The first-order chi connectivity index (χ1) is 14.9. The number of amides is 1. The van der Waals surface area contributed by atoms with Gasteiger partial charge in [0, 0.05) is 19.6 Å². The first-order valence-corrected chi connectivity index (χ1v) is 12.4. The van der Waals surface area contributed by atoms with Gasteiger partial charge in [-0.3, -0.25) is 4.79 Å². The van der Waals surface area contributed by atoms with Crippen molar-refractivity contribution in [3.63, 3.8) is 0 Å². The fourth-order valence-electron chi connectivity index (χ4n) is 3.59. The average Bonchev–Trinajstić information content (AvgIpc) is 3.06. The predicted octanol–water partition coefficient (Wildman–Crippen LogP) is 3.69. The molecule has 31 heavy (non-hydrogen) atoms. The van der Waals surface area contributed by atoms with Gasteiger partial charge in [-0.25, -0.2) is 8.42 Å². The van der Waals surface area contributed by atoms with Crippen LogP contribution in [0.4, 0.5) is 0 Å². The number of benzene rings is 2. The van der Waals surface area contributed by atoms with Gasteiger partial charge in [0.05, 0.1) is 17.9 Å². The van der Waals surface area contributed by atoms with Crippen LogP contribution in [0.25, 0.3) is 0 Å². The smallest absolute Gasteiger partial charge is 0.243 e. The third kappa shape index (κ3) is 7.08. The second-order valence-electron chi connectivity index (χ2n) is 7.97. The Morgan fingerprint density at radius 1 is 0.968 bits per heavy atom. The Morgan fingerprint density at radius 2 is 1.61 bits per heavy atom. The number of hydrogen-bond donors (Lipinski definition) is 1. The number of hydrogen-bond acceptors (Lipinski definition) is 4. The van der Waals surface area contributed by atoms with E-state index in [4.69, 9.17) is 4.74 Å². The molecule has 1 aliphatic rings. The zero-order chi connectivity index (χ0) is 22.1. The number of nitrogens with one attached hydrogen (secondary N) is 1. The molecule has 0 saturated carbocycles. The maximum Gasteiger partial charge on any atom is 0.243 e. The van der Waals surface area contributed by atoms with Gasteiger partial charge in [0.25, 0.3) is 0 Å².